The van der Waals surface area contributed by atoms with Crippen LogP contribution in [0.15, 0.2) is 52.3 Å². The largest absolute Gasteiger partial charge is 0.465 e. The summed E-state index contributed by atoms with van der Waals surface area (Å²) in [5, 5.41) is 1.44. The van der Waals surface area contributed by atoms with E-state index in [2.05, 4.69) is 4.72 Å². The Hall–Kier alpha value is -2.16. The van der Waals surface area contributed by atoms with Gasteiger partial charge in [0.1, 0.15) is 6.54 Å². The van der Waals surface area contributed by atoms with E-state index in [1.165, 1.54) is 11.8 Å². The molecule has 0 unspecified atom stereocenters. The fourth-order valence-electron chi connectivity index (χ4n) is 3.03. The van der Waals surface area contributed by atoms with E-state index in [4.69, 9.17) is 16.3 Å². The number of esters is 1. The lowest BCUT2D eigenvalue weighted by molar-refractivity contribution is -0.143. The number of hydrogen-bond acceptors (Lipinski definition) is 5. The maximum absolute atomic E-state index is 12.1. The molecule has 1 N–H and O–H groups in total. The van der Waals surface area contributed by atoms with Crippen LogP contribution in [0.4, 0.5) is 5.69 Å². The monoisotopic (exact) mass is 452 g/mol. The minimum absolute atomic E-state index is 0.0676. The maximum atomic E-state index is 12.1. The van der Waals surface area contributed by atoms with E-state index in [9.17, 15) is 13.2 Å². The second kappa shape index (κ2) is 8.69. The smallest absolute Gasteiger partial charge is 0.325 e. The van der Waals surface area contributed by atoms with Crippen molar-refractivity contribution < 1.29 is 17.9 Å². The number of nitrogens with zero attached hydrogens (tertiary/aromatic N) is 1. The second-order valence-corrected chi connectivity index (χ2v) is 9.65. The third kappa shape index (κ3) is 5.07. The molecule has 0 atom stereocenters. The van der Waals surface area contributed by atoms with Crippen molar-refractivity contribution in [2.75, 3.05) is 17.6 Å². The highest BCUT2D eigenvalue weighted by Gasteiger charge is 2.19. The Balaban J connectivity index is 2.15. The molecule has 0 aliphatic rings. The Morgan fingerprint density at radius 2 is 1.97 bits per heavy atom. The predicted molar refractivity (Wildman–Crippen MR) is 117 cm³/mol. The van der Waals surface area contributed by atoms with Crippen molar-refractivity contribution in [1.82, 2.24) is 4.57 Å². The molecule has 0 radical (unpaired) electrons. The molecule has 154 valence electrons. The number of nitrogens with one attached hydrogen (secondary N) is 1. The number of fused-ring (bicyclic) bond motifs is 1. The van der Waals surface area contributed by atoms with E-state index >= 15 is 0 Å². The SMILES string of the molecule is CCOC(=O)Cn1c(C)c(Sc2ccccc2Cl)c2cc(NS(C)(=O)=O)ccc21. The predicted octanol–water partition coefficient (Wildman–Crippen LogP) is 4.69. The van der Waals surface area contributed by atoms with Gasteiger partial charge >= 0.3 is 5.97 Å². The van der Waals surface area contributed by atoms with Crippen LogP contribution in [0.2, 0.25) is 5.02 Å². The van der Waals surface area contributed by atoms with E-state index in [1.807, 2.05) is 35.8 Å². The van der Waals surface area contributed by atoms with Crippen LogP contribution in [0.3, 0.4) is 0 Å². The molecule has 0 amide bonds. The number of sulfonamides is 1. The van der Waals surface area contributed by atoms with Crippen molar-refractivity contribution >= 4 is 55.9 Å². The molecule has 0 spiro atoms. The van der Waals surface area contributed by atoms with Crippen LogP contribution < -0.4 is 4.72 Å². The number of anilines is 1. The van der Waals surface area contributed by atoms with E-state index in [-0.39, 0.29) is 12.5 Å². The Bertz CT molecular complexity index is 1170. The first kappa shape index (κ1) is 21.5. The molecule has 1 aromatic heterocycles. The molecule has 6 nitrogen and oxygen atoms in total. The van der Waals surface area contributed by atoms with Crippen LogP contribution in [-0.2, 0) is 26.1 Å². The first-order chi connectivity index (χ1) is 13.7. The summed E-state index contributed by atoms with van der Waals surface area (Å²) in [5.41, 5.74) is 2.13. The van der Waals surface area contributed by atoms with Gasteiger partial charge in [0.25, 0.3) is 0 Å². The number of hydrogen-bond donors (Lipinski definition) is 1. The minimum atomic E-state index is -3.41. The normalized spacial score (nSPS) is 11.6. The zero-order valence-electron chi connectivity index (χ0n) is 16.2. The molecule has 0 aliphatic carbocycles. The van der Waals surface area contributed by atoms with Crippen LogP contribution in [0.1, 0.15) is 12.6 Å². The average molecular weight is 453 g/mol. The van der Waals surface area contributed by atoms with Gasteiger partial charge < -0.3 is 9.30 Å². The first-order valence-corrected chi connectivity index (χ1v) is 12.0. The van der Waals surface area contributed by atoms with Crippen LogP contribution >= 0.6 is 23.4 Å². The summed E-state index contributed by atoms with van der Waals surface area (Å²) >= 11 is 7.81. The van der Waals surface area contributed by atoms with Gasteiger partial charge in [0.05, 0.1) is 23.4 Å². The highest BCUT2D eigenvalue weighted by atomic mass is 35.5. The molecule has 1 heterocycles. The summed E-state index contributed by atoms with van der Waals surface area (Å²) in [6.45, 7) is 4.06. The van der Waals surface area contributed by atoms with Crippen LogP contribution in [-0.4, -0.2) is 31.8 Å². The van der Waals surface area contributed by atoms with Gasteiger partial charge in [0, 0.05) is 26.6 Å². The minimum Gasteiger partial charge on any atom is -0.465 e. The van der Waals surface area contributed by atoms with Crippen molar-refractivity contribution in [2.24, 2.45) is 0 Å². The van der Waals surface area contributed by atoms with Crippen LogP contribution in [0, 0.1) is 6.92 Å². The first-order valence-electron chi connectivity index (χ1n) is 8.88. The maximum Gasteiger partial charge on any atom is 0.325 e. The number of benzene rings is 2. The molecule has 0 aliphatic heterocycles. The molecule has 0 saturated heterocycles. The number of carbonyl (C=O) groups excluding carboxylic acids is 1. The summed E-state index contributed by atoms with van der Waals surface area (Å²) < 4.78 is 32.8. The molecule has 3 aromatic rings. The number of halogens is 1. The molecule has 2 aromatic carbocycles. The standard InChI is InChI=1S/C20H21ClN2O4S2/c1-4-27-19(24)12-23-13(2)20(28-18-8-6-5-7-16(18)21)15-11-14(9-10-17(15)23)22-29(3,25)26/h5-11,22H,4,12H2,1-3H3. The van der Waals surface area contributed by atoms with Crippen LogP contribution in [0.5, 0.6) is 0 Å². The van der Waals surface area contributed by atoms with E-state index < -0.39 is 10.0 Å². The average Bonchev–Trinajstić information content (AvgIpc) is 2.87. The Morgan fingerprint density at radius 1 is 1.24 bits per heavy atom. The van der Waals surface area contributed by atoms with Crippen molar-refractivity contribution in [3.8, 4) is 0 Å². The molecular weight excluding hydrogens is 432 g/mol. The lowest BCUT2D eigenvalue weighted by Gasteiger charge is -2.08. The van der Waals surface area contributed by atoms with Crippen LogP contribution in [0.25, 0.3) is 10.9 Å². The molecule has 0 fully saturated rings. The molecular formula is C20H21ClN2O4S2. The quantitative estimate of drug-likeness (QED) is 0.526. The zero-order valence-corrected chi connectivity index (χ0v) is 18.6. The van der Waals surface area contributed by atoms with Gasteiger partial charge in [-0.15, -0.1) is 0 Å². The second-order valence-electron chi connectivity index (χ2n) is 6.44. The van der Waals surface area contributed by atoms with E-state index in [1.54, 1.807) is 25.1 Å². The van der Waals surface area contributed by atoms with Gasteiger partial charge in [0.2, 0.25) is 10.0 Å². The molecule has 3 rings (SSSR count). The van der Waals surface area contributed by atoms with Gasteiger partial charge in [-0.3, -0.25) is 9.52 Å². The van der Waals surface area contributed by atoms with Gasteiger partial charge in [0.15, 0.2) is 0 Å². The van der Waals surface area contributed by atoms with Gasteiger partial charge in [-0.1, -0.05) is 35.5 Å². The van der Waals surface area contributed by atoms with E-state index in [0.717, 1.165) is 32.6 Å². The van der Waals surface area contributed by atoms with Gasteiger partial charge in [-0.05, 0) is 44.2 Å². The van der Waals surface area contributed by atoms with Crippen molar-refractivity contribution in [3.05, 3.63) is 53.2 Å². The lowest BCUT2D eigenvalue weighted by Crippen LogP contribution is -2.14. The summed E-state index contributed by atoms with van der Waals surface area (Å²) in [6, 6.07) is 12.7. The number of ether oxygens (including phenoxy) is 1. The van der Waals surface area contributed by atoms with Crippen molar-refractivity contribution in [2.45, 2.75) is 30.2 Å². The van der Waals surface area contributed by atoms with Crippen molar-refractivity contribution in [3.63, 3.8) is 0 Å². The Kier molecular flexibility index (Phi) is 6.45. The summed E-state index contributed by atoms with van der Waals surface area (Å²) in [5.74, 6) is -0.333. The Labute approximate surface area is 179 Å². The third-order valence-corrected chi connectivity index (χ3v) is 6.55. The molecule has 9 heteroatoms. The fraction of sp³-hybridized carbons (Fsp3) is 0.250. The van der Waals surface area contributed by atoms with Crippen molar-refractivity contribution in [1.29, 1.82) is 0 Å². The Morgan fingerprint density at radius 3 is 2.62 bits per heavy atom. The fourth-order valence-corrected chi connectivity index (χ4v) is 4.90. The molecule has 0 bridgehead atoms. The number of rotatable bonds is 7. The molecule has 0 saturated carbocycles. The molecule has 29 heavy (non-hydrogen) atoms. The summed E-state index contributed by atoms with van der Waals surface area (Å²) in [4.78, 5) is 13.9. The highest BCUT2D eigenvalue weighted by molar-refractivity contribution is 7.99. The third-order valence-electron chi connectivity index (χ3n) is 4.21. The zero-order chi connectivity index (χ0) is 21.2. The topological polar surface area (TPSA) is 77.4 Å². The van der Waals surface area contributed by atoms with Gasteiger partial charge in [-0.25, -0.2) is 8.42 Å². The summed E-state index contributed by atoms with van der Waals surface area (Å²) in [6.07, 6.45) is 1.10. The van der Waals surface area contributed by atoms with E-state index in [0.29, 0.717) is 17.3 Å². The van der Waals surface area contributed by atoms with Gasteiger partial charge in [-0.2, -0.15) is 0 Å². The highest BCUT2D eigenvalue weighted by Crippen LogP contribution is 2.41. The number of carbonyl (C=O) groups is 1. The summed E-state index contributed by atoms with van der Waals surface area (Å²) in [7, 11) is -3.41. The lowest BCUT2D eigenvalue weighted by atomic mass is 10.2. The number of aromatic nitrogens is 1.